The van der Waals surface area contributed by atoms with Gasteiger partial charge in [-0.3, -0.25) is 0 Å². The first-order valence-corrected chi connectivity index (χ1v) is 9.37. The first-order chi connectivity index (χ1) is 13.2. The summed E-state index contributed by atoms with van der Waals surface area (Å²) < 4.78 is 11.4. The molecule has 2 aromatic carbocycles. The van der Waals surface area contributed by atoms with E-state index in [1.54, 1.807) is 0 Å². The molecule has 0 aliphatic heterocycles. The van der Waals surface area contributed by atoms with Crippen molar-refractivity contribution in [3.63, 3.8) is 0 Å². The van der Waals surface area contributed by atoms with Crippen LogP contribution in [0, 0.1) is 5.92 Å². The van der Waals surface area contributed by atoms with Crippen LogP contribution in [0.3, 0.4) is 0 Å². The van der Waals surface area contributed by atoms with Gasteiger partial charge in [0.1, 0.15) is 11.5 Å². The Kier molecular flexibility index (Phi) is 6.48. The molecule has 3 heteroatoms. The molecule has 0 saturated carbocycles. The van der Waals surface area contributed by atoms with Gasteiger partial charge >= 0.3 is 0 Å². The molecule has 0 aliphatic carbocycles. The normalized spacial score (nSPS) is 12.0. The van der Waals surface area contributed by atoms with Crippen LogP contribution < -0.4 is 9.47 Å². The van der Waals surface area contributed by atoms with Crippen LogP contribution in [0.25, 0.3) is 0 Å². The molecular formula is C24H26NO2. The number of ether oxygens (including phenoxy) is 2. The molecule has 3 rings (SSSR count). The lowest BCUT2D eigenvalue weighted by Gasteiger charge is -2.21. The first kappa shape index (κ1) is 19.0. The molecule has 0 aliphatic rings. The molecule has 3 aromatic rings. The Bertz CT molecular complexity index is 829. The van der Waals surface area contributed by atoms with Crippen LogP contribution in [0.5, 0.6) is 17.4 Å². The molecule has 1 heterocycles. The number of pyridine rings is 1. The largest absolute Gasteiger partial charge is 0.494 e. The summed E-state index contributed by atoms with van der Waals surface area (Å²) in [4.78, 5) is 4.70. The molecule has 0 fully saturated rings. The fraction of sp³-hybridized carbons (Fsp3) is 0.250. The molecule has 1 atom stereocenters. The number of hydrogen-bond acceptors (Lipinski definition) is 3. The van der Waals surface area contributed by atoms with E-state index >= 15 is 0 Å². The number of aromatic nitrogens is 1. The Balaban J connectivity index is 1.75. The van der Waals surface area contributed by atoms with Gasteiger partial charge < -0.3 is 9.47 Å². The van der Waals surface area contributed by atoms with Crippen molar-refractivity contribution in [3.8, 4) is 17.4 Å². The first-order valence-electron chi connectivity index (χ1n) is 9.37. The molecule has 3 nitrogen and oxygen atoms in total. The fourth-order valence-corrected chi connectivity index (χ4v) is 3.06. The van der Waals surface area contributed by atoms with Gasteiger partial charge in [0.15, 0.2) is 0 Å². The number of para-hydroxylation sites is 1. The summed E-state index contributed by atoms with van der Waals surface area (Å²) in [6, 6.07) is 24.1. The minimum atomic E-state index is 0.306. The van der Waals surface area contributed by atoms with E-state index in [2.05, 4.69) is 32.0 Å². The van der Waals surface area contributed by atoms with Crippen molar-refractivity contribution in [2.24, 2.45) is 0 Å². The second-order valence-corrected chi connectivity index (χ2v) is 6.72. The van der Waals surface area contributed by atoms with Crippen molar-refractivity contribution in [3.05, 3.63) is 90.0 Å². The van der Waals surface area contributed by atoms with Crippen LogP contribution >= 0.6 is 0 Å². The number of hydrogen-bond donors (Lipinski definition) is 0. The van der Waals surface area contributed by atoms with Crippen molar-refractivity contribution < 1.29 is 9.47 Å². The van der Waals surface area contributed by atoms with E-state index < -0.39 is 0 Å². The van der Waals surface area contributed by atoms with Crippen molar-refractivity contribution in [2.75, 3.05) is 6.61 Å². The average Bonchev–Trinajstić information content (AvgIpc) is 2.68. The van der Waals surface area contributed by atoms with Gasteiger partial charge in [0.25, 0.3) is 0 Å². The van der Waals surface area contributed by atoms with Crippen LogP contribution in [-0.4, -0.2) is 11.6 Å². The lowest BCUT2D eigenvalue weighted by atomic mass is 9.84. The highest BCUT2D eigenvalue weighted by molar-refractivity contribution is 5.34. The third kappa shape index (κ3) is 5.33. The monoisotopic (exact) mass is 360 g/mol. The average molecular weight is 360 g/mol. The van der Waals surface area contributed by atoms with E-state index in [1.165, 1.54) is 11.5 Å². The van der Waals surface area contributed by atoms with Crippen LogP contribution in [0.1, 0.15) is 37.9 Å². The summed E-state index contributed by atoms with van der Waals surface area (Å²) in [6.07, 6.45) is 0.836. The van der Waals surface area contributed by atoms with Crippen molar-refractivity contribution in [1.29, 1.82) is 0 Å². The maximum atomic E-state index is 5.87. The number of benzene rings is 2. The molecule has 139 valence electrons. The van der Waals surface area contributed by atoms with Crippen LogP contribution in [0.4, 0.5) is 0 Å². The third-order valence-corrected chi connectivity index (χ3v) is 4.45. The summed E-state index contributed by atoms with van der Waals surface area (Å²) in [5.74, 6) is 3.99. The van der Waals surface area contributed by atoms with Crippen molar-refractivity contribution in [1.82, 2.24) is 4.98 Å². The topological polar surface area (TPSA) is 31.4 Å². The van der Waals surface area contributed by atoms with Crippen molar-refractivity contribution >= 4 is 0 Å². The van der Waals surface area contributed by atoms with Gasteiger partial charge in [-0.25, -0.2) is 4.98 Å². The molecule has 0 bridgehead atoms. The molecule has 1 aromatic heterocycles. The molecule has 1 unspecified atom stereocenters. The van der Waals surface area contributed by atoms with Gasteiger partial charge in [0.05, 0.1) is 6.61 Å². The van der Waals surface area contributed by atoms with E-state index in [1.807, 2.05) is 61.5 Å². The lowest BCUT2D eigenvalue weighted by Crippen LogP contribution is -2.10. The quantitative estimate of drug-likeness (QED) is 0.478. The smallest absolute Gasteiger partial charge is 0.219 e. The SMILES string of the molecule is CCOc1ccc(C(Cc2cccc(Oc3ccccc3)n2)[C](C)C)cc1. The van der Waals surface area contributed by atoms with E-state index in [4.69, 9.17) is 14.5 Å². The zero-order valence-corrected chi connectivity index (χ0v) is 16.2. The number of rotatable bonds is 8. The van der Waals surface area contributed by atoms with Crippen molar-refractivity contribution in [2.45, 2.75) is 33.1 Å². The van der Waals surface area contributed by atoms with Crippen LogP contribution in [0.15, 0.2) is 72.8 Å². The van der Waals surface area contributed by atoms with Gasteiger partial charge in [-0.2, -0.15) is 0 Å². The summed E-state index contributed by atoms with van der Waals surface area (Å²) in [5.41, 5.74) is 2.29. The molecule has 0 N–H and O–H groups in total. The maximum Gasteiger partial charge on any atom is 0.219 e. The molecule has 1 radical (unpaired) electrons. The Morgan fingerprint density at radius 3 is 2.26 bits per heavy atom. The molecular weight excluding hydrogens is 334 g/mol. The summed E-state index contributed by atoms with van der Waals surface area (Å²) in [6.45, 7) is 7.02. The van der Waals surface area contributed by atoms with E-state index in [-0.39, 0.29) is 0 Å². The zero-order valence-electron chi connectivity index (χ0n) is 16.2. The zero-order chi connectivity index (χ0) is 19.1. The molecule has 0 amide bonds. The number of nitrogens with zero attached hydrogens (tertiary/aromatic N) is 1. The third-order valence-electron chi connectivity index (χ3n) is 4.45. The Labute approximate surface area is 162 Å². The molecule has 0 saturated heterocycles. The van der Waals surface area contributed by atoms with E-state index in [0.717, 1.165) is 23.6 Å². The highest BCUT2D eigenvalue weighted by Gasteiger charge is 2.18. The summed E-state index contributed by atoms with van der Waals surface area (Å²) >= 11 is 0. The minimum Gasteiger partial charge on any atom is -0.494 e. The van der Waals surface area contributed by atoms with Gasteiger partial charge in [-0.15, -0.1) is 0 Å². The van der Waals surface area contributed by atoms with E-state index in [9.17, 15) is 0 Å². The highest BCUT2D eigenvalue weighted by atomic mass is 16.5. The van der Waals surface area contributed by atoms with Crippen LogP contribution in [0.2, 0.25) is 0 Å². The Hall–Kier alpha value is -2.81. The van der Waals surface area contributed by atoms with Gasteiger partial charge in [-0.05, 0) is 61.1 Å². The highest BCUT2D eigenvalue weighted by Crippen LogP contribution is 2.31. The minimum absolute atomic E-state index is 0.306. The summed E-state index contributed by atoms with van der Waals surface area (Å²) in [7, 11) is 0. The Morgan fingerprint density at radius 2 is 1.59 bits per heavy atom. The standard InChI is InChI=1S/C24H26NO2/c1-4-26-21-15-13-19(14-16-21)23(18(2)3)17-20-9-8-12-24(25-20)27-22-10-6-5-7-11-22/h5-16,23H,4,17H2,1-3H3. The maximum absolute atomic E-state index is 5.87. The Morgan fingerprint density at radius 1 is 0.852 bits per heavy atom. The predicted molar refractivity (Wildman–Crippen MR) is 109 cm³/mol. The van der Waals surface area contributed by atoms with E-state index in [0.29, 0.717) is 18.4 Å². The molecule has 27 heavy (non-hydrogen) atoms. The second-order valence-electron chi connectivity index (χ2n) is 6.72. The van der Waals surface area contributed by atoms with Gasteiger partial charge in [0, 0.05) is 11.8 Å². The summed E-state index contributed by atoms with van der Waals surface area (Å²) in [5, 5.41) is 0. The fourth-order valence-electron chi connectivity index (χ4n) is 3.06. The van der Waals surface area contributed by atoms with Gasteiger partial charge in [0.2, 0.25) is 5.88 Å². The molecule has 0 spiro atoms. The predicted octanol–water partition coefficient (Wildman–Crippen LogP) is 6.21. The second kappa shape index (κ2) is 9.22. The lowest BCUT2D eigenvalue weighted by molar-refractivity contribution is 0.340. The van der Waals surface area contributed by atoms with Gasteiger partial charge in [-0.1, -0.05) is 50.2 Å². The van der Waals surface area contributed by atoms with Crippen LogP contribution in [-0.2, 0) is 6.42 Å².